The van der Waals surface area contributed by atoms with Crippen molar-refractivity contribution < 1.29 is 23.8 Å². The highest BCUT2D eigenvalue weighted by Gasteiger charge is 2.38. The fourth-order valence-electron chi connectivity index (χ4n) is 2.07. The average molecular weight is 295 g/mol. The number of carbonyl (C=O) groups is 2. The van der Waals surface area contributed by atoms with Crippen LogP contribution in [0.4, 0.5) is 4.39 Å². The van der Waals surface area contributed by atoms with Gasteiger partial charge in [0.15, 0.2) is 17.7 Å². The van der Waals surface area contributed by atoms with Crippen LogP contribution in [0.2, 0.25) is 0 Å². The third-order valence-corrected chi connectivity index (χ3v) is 3.43. The van der Waals surface area contributed by atoms with Gasteiger partial charge in [0.05, 0.1) is 0 Å². The fraction of sp³-hybridized carbons (Fsp3) is 0.467. The highest BCUT2D eigenvalue weighted by atomic mass is 19.1. The first-order valence-electron chi connectivity index (χ1n) is 6.97. The van der Waals surface area contributed by atoms with Crippen molar-refractivity contribution in [2.45, 2.75) is 38.3 Å². The molecular formula is C15H18FNO4. The van der Waals surface area contributed by atoms with Gasteiger partial charge in [0, 0.05) is 0 Å². The Morgan fingerprint density at radius 2 is 2.10 bits per heavy atom. The monoisotopic (exact) mass is 295 g/mol. The predicted molar refractivity (Wildman–Crippen MR) is 73.4 cm³/mol. The van der Waals surface area contributed by atoms with Crippen LogP contribution in [0.1, 0.15) is 26.2 Å². The molecule has 1 aliphatic carbocycles. The van der Waals surface area contributed by atoms with E-state index in [0.717, 1.165) is 12.8 Å². The molecular weight excluding hydrogens is 277 g/mol. The van der Waals surface area contributed by atoms with E-state index in [4.69, 9.17) is 9.84 Å². The molecule has 0 saturated heterocycles. The lowest BCUT2D eigenvalue weighted by Gasteiger charge is -2.20. The summed E-state index contributed by atoms with van der Waals surface area (Å²) in [5.74, 6) is -2.16. The van der Waals surface area contributed by atoms with Crippen molar-refractivity contribution in [1.82, 2.24) is 5.32 Å². The maximum absolute atomic E-state index is 13.5. The zero-order valence-electron chi connectivity index (χ0n) is 11.7. The number of para-hydroxylation sites is 1. The molecule has 0 spiro atoms. The average Bonchev–Trinajstić information content (AvgIpc) is 3.27. The van der Waals surface area contributed by atoms with E-state index in [1.54, 1.807) is 13.0 Å². The van der Waals surface area contributed by atoms with Crippen molar-refractivity contribution >= 4 is 11.9 Å². The number of benzene rings is 1. The maximum Gasteiger partial charge on any atom is 0.326 e. The molecule has 2 unspecified atom stereocenters. The molecule has 1 aromatic carbocycles. The van der Waals surface area contributed by atoms with Crippen LogP contribution in [-0.2, 0) is 9.59 Å². The van der Waals surface area contributed by atoms with Gasteiger partial charge in [0.1, 0.15) is 6.04 Å². The van der Waals surface area contributed by atoms with Crippen LogP contribution in [0.15, 0.2) is 24.3 Å². The van der Waals surface area contributed by atoms with Crippen LogP contribution in [0.25, 0.3) is 0 Å². The second-order valence-electron chi connectivity index (χ2n) is 5.11. The summed E-state index contributed by atoms with van der Waals surface area (Å²) < 4.78 is 18.9. The van der Waals surface area contributed by atoms with Gasteiger partial charge in [-0.3, -0.25) is 4.79 Å². The number of nitrogens with one attached hydrogen (secondary N) is 1. The predicted octanol–water partition coefficient (Wildman–Crippen LogP) is 1.96. The van der Waals surface area contributed by atoms with Gasteiger partial charge in [-0.25, -0.2) is 9.18 Å². The summed E-state index contributed by atoms with van der Waals surface area (Å²) >= 11 is 0. The minimum Gasteiger partial charge on any atom is -0.480 e. The van der Waals surface area contributed by atoms with Crippen molar-refractivity contribution in [3.05, 3.63) is 30.1 Å². The number of ether oxygens (including phenoxy) is 1. The van der Waals surface area contributed by atoms with Gasteiger partial charge in [-0.2, -0.15) is 0 Å². The molecule has 0 aromatic heterocycles. The fourth-order valence-corrected chi connectivity index (χ4v) is 2.07. The van der Waals surface area contributed by atoms with Gasteiger partial charge >= 0.3 is 5.97 Å². The summed E-state index contributed by atoms with van der Waals surface area (Å²) in [4.78, 5) is 23.2. The van der Waals surface area contributed by atoms with E-state index in [2.05, 4.69) is 5.32 Å². The molecule has 1 amide bonds. The molecule has 21 heavy (non-hydrogen) atoms. The van der Waals surface area contributed by atoms with Crippen molar-refractivity contribution in [3.63, 3.8) is 0 Å². The van der Waals surface area contributed by atoms with E-state index in [1.807, 2.05) is 0 Å². The van der Waals surface area contributed by atoms with Gasteiger partial charge < -0.3 is 15.2 Å². The van der Waals surface area contributed by atoms with Gasteiger partial charge in [-0.1, -0.05) is 19.1 Å². The van der Waals surface area contributed by atoms with Crippen molar-refractivity contribution in [1.29, 1.82) is 0 Å². The van der Waals surface area contributed by atoms with E-state index in [0.29, 0.717) is 6.42 Å². The first kappa shape index (κ1) is 15.3. The first-order chi connectivity index (χ1) is 10.0. The Morgan fingerprint density at radius 3 is 2.62 bits per heavy atom. The molecule has 2 N–H and O–H groups in total. The summed E-state index contributed by atoms with van der Waals surface area (Å²) in [7, 11) is 0. The molecule has 0 bridgehead atoms. The zero-order valence-corrected chi connectivity index (χ0v) is 11.7. The Labute approximate surface area is 122 Å². The largest absolute Gasteiger partial charge is 0.480 e. The molecule has 6 heteroatoms. The number of hydrogen-bond donors (Lipinski definition) is 2. The number of amides is 1. The number of carbonyl (C=O) groups excluding carboxylic acids is 1. The molecule has 0 aliphatic heterocycles. The first-order valence-corrected chi connectivity index (χ1v) is 6.97. The Bertz CT molecular complexity index is 530. The lowest BCUT2D eigenvalue weighted by molar-refractivity contribution is -0.143. The van der Waals surface area contributed by atoms with Gasteiger partial charge in [0.2, 0.25) is 0 Å². The lowest BCUT2D eigenvalue weighted by Crippen LogP contribution is -2.48. The minimum atomic E-state index is -1.05. The molecule has 114 valence electrons. The number of halogens is 1. The second-order valence-corrected chi connectivity index (χ2v) is 5.11. The number of hydrogen-bond acceptors (Lipinski definition) is 3. The van der Waals surface area contributed by atoms with Crippen LogP contribution in [0.3, 0.4) is 0 Å². The second kappa shape index (κ2) is 6.56. The van der Waals surface area contributed by atoms with Crippen LogP contribution in [-0.4, -0.2) is 29.1 Å². The maximum atomic E-state index is 13.5. The smallest absolute Gasteiger partial charge is 0.326 e. The van der Waals surface area contributed by atoms with Gasteiger partial charge in [0.25, 0.3) is 5.91 Å². The minimum absolute atomic E-state index is 0.0159. The number of rotatable bonds is 7. The Kier molecular flexibility index (Phi) is 4.77. The third-order valence-electron chi connectivity index (χ3n) is 3.43. The number of carboxylic acids is 1. The van der Waals surface area contributed by atoms with E-state index < -0.39 is 29.8 Å². The highest BCUT2D eigenvalue weighted by Crippen LogP contribution is 2.32. The topological polar surface area (TPSA) is 75.6 Å². The zero-order chi connectivity index (χ0) is 15.4. The highest BCUT2D eigenvalue weighted by molar-refractivity contribution is 5.86. The molecule has 2 atom stereocenters. The molecule has 1 aromatic rings. The Hall–Kier alpha value is -2.11. The molecule has 1 aliphatic rings. The van der Waals surface area contributed by atoms with Crippen molar-refractivity contribution in [2.75, 3.05) is 0 Å². The standard InChI is InChI=1S/C15H18FNO4/c1-2-11(21-12-6-4-3-5-10(12)16)14(18)17-13(15(19)20)9-7-8-9/h3-6,9,11,13H,2,7-8H2,1H3,(H,17,18)(H,19,20). The summed E-state index contributed by atoms with van der Waals surface area (Å²) in [5, 5.41) is 11.6. The third kappa shape index (κ3) is 3.93. The van der Waals surface area contributed by atoms with Crippen LogP contribution in [0.5, 0.6) is 5.75 Å². The summed E-state index contributed by atoms with van der Waals surface area (Å²) in [6, 6.07) is 4.91. The number of carboxylic acid groups (broad SMARTS) is 1. The molecule has 5 nitrogen and oxygen atoms in total. The van der Waals surface area contributed by atoms with Crippen molar-refractivity contribution in [2.24, 2.45) is 5.92 Å². The summed E-state index contributed by atoms with van der Waals surface area (Å²) in [6.07, 6.45) is 0.990. The van der Waals surface area contributed by atoms with Crippen LogP contribution in [0, 0.1) is 11.7 Å². The number of aliphatic carboxylic acids is 1. The van der Waals surface area contributed by atoms with E-state index in [9.17, 15) is 14.0 Å². The summed E-state index contributed by atoms with van der Waals surface area (Å²) in [5.41, 5.74) is 0. The van der Waals surface area contributed by atoms with Crippen molar-refractivity contribution in [3.8, 4) is 5.75 Å². The van der Waals surface area contributed by atoms with E-state index in [-0.39, 0.29) is 11.7 Å². The lowest BCUT2D eigenvalue weighted by atomic mass is 10.1. The van der Waals surface area contributed by atoms with E-state index in [1.165, 1.54) is 18.2 Å². The SMILES string of the molecule is CCC(Oc1ccccc1F)C(=O)NC(C(=O)O)C1CC1. The molecule has 0 radical (unpaired) electrons. The quantitative estimate of drug-likeness (QED) is 0.806. The molecule has 1 fully saturated rings. The van der Waals surface area contributed by atoms with Crippen LogP contribution < -0.4 is 10.1 Å². The van der Waals surface area contributed by atoms with Crippen LogP contribution >= 0.6 is 0 Å². The van der Waals surface area contributed by atoms with Gasteiger partial charge in [-0.15, -0.1) is 0 Å². The van der Waals surface area contributed by atoms with E-state index >= 15 is 0 Å². The molecule has 0 heterocycles. The Balaban J connectivity index is 2.01. The molecule has 1 saturated carbocycles. The Morgan fingerprint density at radius 1 is 1.43 bits per heavy atom. The molecule has 2 rings (SSSR count). The van der Waals surface area contributed by atoms with Gasteiger partial charge in [-0.05, 0) is 37.3 Å². The summed E-state index contributed by atoms with van der Waals surface area (Å²) in [6.45, 7) is 1.72. The normalized spacial score (nSPS) is 16.9.